The van der Waals surface area contributed by atoms with Gasteiger partial charge in [0.05, 0.1) is 25.0 Å². The molecule has 7 unspecified atom stereocenters. The largest absolute Gasteiger partial charge is 0.508 e. The van der Waals surface area contributed by atoms with Gasteiger partial charge < -0.3 is 41.0 Å². The molecule has 3 aliphatic carbocycles. The lowest BCUT2D eigenvalue weighted by Crippen LogP contribution is -2.45. The molecule has 2 saturated carbocycles. The number of phenolic OH excluding ortho intramolecular Hbond substituents is 1. The third-order valence-electron chi connectivity index (χ3n) is 10.5. The number of anilines is 1. The van der Waals surface area contributed by atoms with Crippen LogP contribution in [0.5, 0.6) is 17.2 Å². The van der Waals surface area contributed by atoms with Crippen LogP contribution in [0, 0.1) is 17.3 Å². The Morgan fingerprint density at radius 2 is 1.76 bits per heavy atom. The highest BCUT2D eigenvalue weighted by atomic mass is 16.5. The number of aromatic hydroxyl groups is 2. The van der Waals surface area contributed by atoms with E-state index in [1.165, 1.54) is 30.4 Å². The summed E-state index contributed by atoms with van der Waals surface area (Å²) in [5.74, 6) is -0.602. The molecule has 2 aromatic rings. The quantitative estimate of drug-likeness (QED) is 0.159. The first-order valence-corrected chi connectivity index (χ1v) is 15.8. The van der Waals surface area contributed by atoms with Crippen LogP contribution in [0.3, 0.4) is 0 Å². The van der Waals surface area contributed by atoms with Crippen molar-refractivity contribution in [3.05, 3.63) is 47.0 Å². The topological polar surface area (TPSA) is 189 Å². The van der Waals surface area contributed by atoms with Gasteiger partial charge >= 0.3 is 5.97 Å². The number of amides is 2. The molecule has 0 bridgehead atoms. The van der Waals surface area contributed by atoms with Crippen LogP contribution in [-0.4, -0.2) is 63.6 Å². The van der Waals surface area contributed by atoms with E-state index in [9.17, 15) is 34.8 Å². The van der Waals surface area contributed by atoms with Gasteiger partial charge in [-0.2, -0.15) is 0 Å². The summed E-state index contributed by atoms with van der Waals surface area (Å²) < 4.78 is 11.0. The van der Waals surface area contributed by atoms with E-state index in [-0.39, 0.29) is 54.2 Å². The van der Waals surface area contributed by atoms with Crippen LogP contribution < -0.4 is 15.8 Å². The molecule has 0 saturated heterocycles. The summed E-state index contributed by atoms with van der Waals surface area (Å²) in [6.07, 6.45) is 2.80. The van der Waals surface area contributed by atoms with Crippen molar-refractivity contribution < 1.29 is 44.3 Å². The predicted octanol–water partition coefficient (Wildman–Crippen LogP) is 3.89. The van der Waals surface area contributed by atoms with Crippen molar-refractivity contribution in [2.75, 3.05) is 12.4 Å². The summed E-state index contributed by atoms with van der Waals surface area (Å²) in [5.41, 5.74) is 7.49. The molecule has 0 radical (unpaired) electrons. The second kappa shape index (κ2) is 13.3. The number of aliphatic hydroxyl groups is 2. The van der Waals surface area contributed by atoms with Crippen LogP contribution in [-0.2, 0) is 20.7 Å². The number of nitrogens with one attached hydrogen (secondary N) is 1. The van der Waals surface area contributed by atoms with E-state index < -0.39 is 35.7 Å². The minimum absolute atomic E-state index is 0.00987. The zero-order chi connectivity index (χ0) is 32.5. The molecule has 0 spiro atoms. The summed E-state index contributed by atoms with van der Waals surface area (Å²) >= 11 is 0. The van der Waals surface area contributed by atoms with Crippen LogP contribution in [0.2, 0.25) is 0 Å². The number of carbonyl (C=O) groups excluding carboxylic acids is 3. The number of nitrogens with two attached hydrogens (primary N) is 1. The zero-order valence-corrected chi connectivity index (χ0v) is 25.8. The Bertz CT molecular complexity index is 1440. The number of esters is 1. The normalized spacial score (nSPS) is 26.5. The average molecular weight is 625 g/mol. The molecule has 2 aromatic carbocycles. The number of carbonyl (C=O) groups is 3. The number of hydrogen-bond donors (Lipinski definition) is 6. The Balaban J connectivity index is 1.08. The standard InChI is InChI=1S/C34H44N2O9/c1-34-16-15-21-20-6-4-19(37)17-18(20)3-5-22(21)23(34)7-12-28(34)45-30(41)14-10-26(39)25(38)9-13-29(40)36-24-8-11-27(44-2)31(32(24)42)33(35)43/h4,6,8,11,17,21-23,25-26,28,37-39,42H,3,5,7,9-10,12-16H2,1-2H3,(H2,35,43)(H,36,40). The van der Waals surface area contributed by atoms with Crippen LogP contribution in [0.4, 0.5) is 5.69 Å². The molecule has 5 rings (SSSR count). The maximum Gasteiger partial charge on any atom is 0.306 e. The molecule has 0 aliphatic heterocycles. The Morgan fingerprint density at radius 1 is 1.02 bits per heavy atom. The van der Waals surface area contributed by atoms with Crippen molar-refractivity contribution in [2.45, 2.75) is 95.4 Å². The maximum atomic E-state index is 12.9. The van der Waals surface area contributed by atoms with Crippen LogP contribution in [0.15, 0.2) is 30.3 Å². The van der Waals surface area contributed by atoms with Crippen molar-refractivity contribution in [1.82, 2.24) is 0 Å². The van der Waals surface area contributed by atoms with E-state index in [4.69, 9.17) is 15.2 Å². The van der Waals surface area contributed by atoms with Gasteiger partial charge in [-0.15, -0.1) is 0 Å². The van der Waals surface area contributed by atoms with Crippen LogP contribution in [0.1, 0.15) is 92.1 Å². The van der Waals surface area contributed by atoms with Gasteiger partial charge in [-0.25, -0.2) is 0 Å². The summed E-state index contributed by atoms with van der Waals surface area (Å²) in [7, 11) is 1.31. The Hall–Kier alpha value is -3.83. The van der Waals surface area contributed by atoms with Crippen molar-refractivity contribution in [3.63, 3.8) is 0 Å². The molecule has 0 heterocycles. The minimum atomic E-state index is -1.26. The number of phenols is 2. The van der Waals surface area contributed by atoms with Gasteiger partial charge in [-0.1, -0.05) is 13.0 Å². The van der Waals surface area contributed by atoms with Gasteiger partial charge in [-0.05, 0) is 105 Å². The minimum Gasteiger partial charge on any atom is -0.508 e. The molecule has 45 heavy (non-hydrogen) atoms. The Kier molecular flexibility index (Phi) is 9.60. The molecular weight excluding hydrogens is 580 g/mol. The third-order valence-corrected chi connectivity index (χ3v) is 10.5. The van der Waals surface area contributed by atoms with Crippen LogP contribution >= 0.6 is 0 Å². The summed E-state index contributed by atoms with van der Waals surface area (Å²) in [6.45, 7) is 2.25. The molecule has 7 atom stereocenters. The monoisotopic (exact) mass is 624 g/mol. The lowest BCUT2D eigenvalue weighted by Gasteiger charge is -2.50. The molecule has 244 valence electrons. The van der Waals surface area contributed by atoms with Crippen LogP contribution in [0.25, 0.3) is 0 Å². The number of fused-ring (bicyclic) bond motifs is 5. The molecule has 0 aromatic heterocycles. The van der Waals surface area contributed by atoms with E-state index >= 15 is 0 Å². The number of rotatable bonds is 11. The molecule has 2 amide bonds. The highest BCUT2D eigenvalue weighted by Crippen LogP contribution is 2.61. The molecule has 7 N–H and O–H groups in total. The summed E-state index contributed by atoms with van der Waals surface area (Å²) in [5, 5.41) is 43.7. The van der Waals surface area contributed by atoms with Crippen molar-refractivity contribution in [1.29, 1.82) is 0 Å². The zero-order valence-electron chi connectivity index (χ0n) is 25.8. The van der Waals surface area contributed by atoms with Crippen molar-refractivity contribution >= 4 is 23.5 Å². The number of ether oxygens (including phenoxy) is 2. The molecule has 2 fully saturated rings. The summed E-state index contributed by atoms with van der Waals surface area (Å²) in [6, 6.07) is 8.50. The maximum absolute atomic E-state index is 12.9. The van der Waals surface area contributed by atoms with E-state index in [1.807, 2.05) is 6.07 Å². The SMILES string of the molecule is COc1ccc(NC(=O)CCC(O)C(O)CCC(=O)OC2CCC3C4CCc5cc(O)ccc5C4CCC23C)c(O)c1C(N)=O. The summed E-state index contributed by atoms with van der Waals surface area (Å²) in [4.78, 5) is 37.0. The first kappa shape index (κ1) is 32.6. The fourth-order valence-electron chi connectivity index (χ4n) is 8.16. The van der Waals surface area contributed by atoms with Gasteiger partial charge in [0.15, 0.2) is 5.75 Å². The smallest absolute Gasteiger partial charge is 0.306 e. The van der Waals surface area contributed by atoms with E-state index in [0.717, 1.165) is 38.5 Å². The number of aryl methyl sites for hydroxylation is 1. The predicted molar refractivity (Wildman–Crippen MR) is 165 cm³/mol. The second-order valence-corrected chi connectivity index (χ2v) is 13.1. The van der Waals surface area contributed by atoms with Crippen molar-refractivity contribution in [3.8, 4) is 17.2 Å². The van der Waals surface area contributed by atoms with E-state index in [1.54, 1.807) is 6.07 Å². The lowest BCUT2D eigenvalue weighted by atomic mass is 9.55. The highest BCUT2D eigenvalue weighted by molar-refractivity contribution is 6.02. The van der Waals surface area contributed by atoms with Gasteiger partial charge in [0, 0.05) is 18.3 Å². The Morgan fingerprint density at radius 3 is 2.47 bits per heavy atom. The molecule has 11 heteroatoms. The third kappa shape index (κ3) is 6.60. The molecule has 3 aliphatic rings. The first-order chi connectivity index (χ1) is 21.4. The van der Waals surface area contributed by atoms with E-state index in [2.05, 4.69) is 18.3 Å². The lowest BCUT2D eigenvalue weighted by molar-refractivity contribution is -0.158. The van der Waals surface area contributed by atoms with Gasteiger partial charge in [0.1, 0.15) is 23.2 Å². The van der Waals surface area contributed by atoms with Gasteiger partial charge in [-0.3, -0.25) is 14.4 Å². The average Bonchev–Trinajstić information content (AvgIpc) is 3.34. The number of benzene rings is 2. The molecular formula is C34H44N2O9. The Labute approximate surface area is 262 Å². The van der Waals surface area contributed by atoms with Gasteiger partial charge in [0.2, 0.25) is 5.91 Å². The number of methoxy groups -OCH3 is 1. The number of aliphatic hydroxyl groups excluding tert-OH is 2. The second-order valence-electron chi connectivity index (χ2n) is 13.1. The number of hydrogen-bond acceptors (Lipinski definition) is 9. The number of primary amides is 1. The highest BCUT2D eigenvalue weighted by Gasteiger charge is 2.56. The first-order valence-electron chi connectivity index (χ1n) is 15.8. The fourth-order valence-corrected chi connectivity index (χ4v) is 8.16. The van der Waals surface area contributed by atoms with E-state index in [0.29, 0.717) is 23.5 Å². The molecule has 11 nitrogen and oxygen atoms in total. The van der Waals surface area contributed by atoms with Gasteiger partial charge in [0.25, 0.3) is 5.91 Å². The fraction of sp³-hybridized carbons (Fsp3) is 0.559. The van der Waals surface area contributed by atoms with Crippen molar-refractivity contribution in [2.24, 2.45) is 23.0 Å².